The van der Waals surface area contributed by atoms with Gasteiger partial charge in [-0.25, -0.2) is 9.37 Å². The molecule has 1 saturated heterocycles. The van der Waals surface area contributed by atoms with Crippen molar-refractivity contribution in [3.63, 3.8) is 0 Å². The van der Waals surface area contributed by atoms with Crippen LogP contribution in [0.3, 0.4) is 0 Å². The standard InChI is InChI=1S/C26H29FN4O3/c1-30-15-12-29-25(30)4-3-13-31-14-10-18(22(17-31)26(32)33)5-7-23(27)20-9-11-28-24-8-6-19(34-2)16-21(20)24/h6,8-9,11-12,15-16,18,22-23H,5,7,10,13-14,17H2,1-2H3,(H,32,33)/t18-,22+,23?/m1/s1. The lowest BCUT2D eigenvalue weighted by Crippen LogP contribution is -2.44. The summed E-state index contributed by atoms with van der Waals surface area (Å²) < 4.78 is 22.5. The molecule has 1 fully saturated rings. The lowest BCUT2D eigenvalue weighted by molar-refractivity contribution is -0.146. The molecule has 0 spiro atoms. The van der Waals surface area contributed by atoms with Gasteiger partial charge in [-0.3, -0.25) is 14.7 Å². The van der Waals surface area contributed by atoms with E-state index in [1.807, 2.05) is 23.9 Å². The number of rotatable bonds is 7. The van der Waals surface area contributed by atoms with Gasteiger partial charge >= 0.3 is 5.97 Å². The minimum Gasteiger partial charge on any atom is -0.497 e. The third-order valence-electron chi connectivity index (χ3n) is 6.59. The highest BCUT2D eigenvalue weighted by molar-refractivity contribution is 5.83. The van der Waals surface area contributed by atoms with Crippen molar-refractivity contribution in [2.45, 2.75) is 25.4 Å². The summed E-state index contributed by atoms with van der Waals surface area (Å²) in [5.74, 6) is 6.01. The second-order valence-corrected chi connectivity index (χ2v) is 8.72. The van der Waals surface area contributed by atoms with Gasteiger partial charge in [-0.2, -0.15) is 0 Å². The number of carboxylic acids is 1. The van der Waals surface area contributed by atoms with E-state index in [1.165, 1.54) is 0 Å². The van der Waals surface area contributed by atoms with E-state index in [4.69, 9.17) is 4.74 Å². The number of hydrogen-bond acceptors (Lipinski definition) is 5. The molecule has 1 aromatic carbocycles. The zero-order valence-electron chi connectivity index (χ0n) is 19.4. The maximum atomic E-state index is 15.3. The number of piperidine rings is 1. The minimum atomic E-state index is -1.20. The Hall–Kier alpha value is -3.44. The molecule has 3 atom stereocenters. The zero-order chi connectivity index (χ0) is 24.1. The average molecular weight is 465 g/mol. The van der Waals surface area contributed by atoms with E-state index in [0.29, 0.717) is 48.6 Å². The van der Waals surface area contributed by atoms with Gasteiger partial charge in [0.1, 0.15) is 11.9 Å². The molecule has 8 heteroatoms. The van der Waals surface area contributed by atoms with Gasteiger partial charge < -0.3 is 14.4 Å². The summed E-state index contributed by atoms with van der Waals surface area (Å²) in [5, 5.41) is 10.6. The van der Waals surface area contributed by atoms with Gasteiger partial charge in [0.2, 0.25) is 0 Å². The first-order valence-electron chi connectivity index (χ1n) is 11.4. The van der Waals surface area contributed by atoms with Crippen LogP contribution in [-0.4, -0.2) is 57.3 Å². The number of aryl methyl sites for hydroxylation is 1. The maximum absolute atomic E-state index is 15.3. The van der Waals surface area contributed by atoms with Gasteiger partial charge in [0.25, 0.3) is 0 Å². The summed E-state index contributed by atoms with van der Waals surface area (Å²) in [4.78, 5) is 22.5. The van der Waals surface area contributed by atoms with Crippen molar-refractivity contribution in [2.24, 2.45) is 18.9 Å². The molecular weight excluding hydrogens is 435 g/mol. The fourth-order valence-corrected chi connectivity index (χ4v) is 4.62. The number of benzene rings is 1. The van der Waals surface area contributed by atoms with Crippen molar-refractivity contribution in [2.75, 3.05) is 26.7 Å². The van der Waals surface area contributed by atoms with Crippen molar-refractivity contribution in [1.82, 2.24) is 19.4 Å². The number of carbonyl (C=O) groups is 1. The molecular formula is C26H29FN4O3. The Morgan fingerprint density at radius 2 is 2.18 bits per heavy atom. The number of aliphatic carboxylic acids is 1. The first-order valence-corrected chi connectivity index (χ1v) is 11.4. The van der Waals surface area contributed by atoms with Crippen molar-refractivity contribution in [3.05, 3.63) is 54.2 Å². The Morgan fingerprint density at radius 3 is 2.91 bits per heavy atom. The van der Waals surface area contributed by atoms with Crippen LogP contribution in [0.15, 0.2) is 42.9 Å². The number of methoxy groups -OCH3 is 1. The van der Waals surface area contributed by atoms with Crippen LogP contribution < -0.4 is 4.74 Å². The average Bonchev–Trinajstić information content (AvgIpc) is 3.26. The Bertz CT molecular complexity index is 1220. The highest BCUT2D eigenvalue weighted by atomic mass is 19.1. The monoisotopic (exact) mass is 464 g/mol. The second-order valence-electron chi connectivity index (χ2n) is 8.72. The van der Waals surface area contributed by atoms with E-state index in [0.717, 1.165) is 11.9 Å². The highest BCUT2D eigenvalue weighted by Crippen LogP contribution is 2.35. The first-order chi connectivity index (χ1) is 16.5. The third-order valence-corrected chi connectivity index (χ3v) is 6.59. The Labute approximate surface area is 198 Å². The Kier molecular flexibility index (Phi) is 7.43. The SMILES string of the molecule is COc1ccc2nccc(C(F)CC[C@@H]3CCN(CC#Cc4nccn4C)C[C@@H]3C(=O)O)c2c1. The van der Waals surface area contributed by atoms with Crippen LogP contribution in [0.4, 0.5) is 4.39 Å². The van der Waals surface area contributed by atoms with Crippen molar-refractivity contribution >= 4 is 16.9 Å². The molecule has 34 heavy (non-hydrogen) atoms. The number of imidazole rings is 1. The smallest absolute Gasteiger partial charge is 0.308 e. The number of pyridine rings is 1. The van der Waals surface area contributed by atoms with Crippen molar-refractivity contribution < 1.29 is 19.0 Å². The predicted octanol–water partition coefficient (Wildman–Crippen LogP) is 3.84. The van der Waals surface area contributed by atoms with Crippen LogP contribution in [0, 0.1) is 23.7 Å². The number of ether oxygens (including phenoxy) is 1. The van der Waals surface area contributed by atoms with Crippen LogP contribution >= 0.6 is 0 Å². The molecule has 0 amide bonds. The number of alkyl halides is 1. The summed E-state index contributed by atoms with van der Waals surface area (Å²) in [6.45, 7) is 1.65. The van der Waals surface area contributed by atoms with Gasteiger partial charge in [-0.05, 0) is 67.5 Å². The summed E-state index contributed by atoms with van der Waals surface area (Å²) >= 11 is 0. The number of nitrogens with zero attached hydrogens (tertiary/aromatic N) is 4. The molecule has 3 aromatic rings. The molecule has 0 saturated carbocycles. The van der Waals surface area contributed by atoms with E-state index in [9.17, 15) is 9.90 Å². The zero-order valence-corrected chi connectivity index (χ0v) is 19.4. The first kappa shape index (κ1) is 23.7. The fraction of sp³-hybridized carbons (Fsp3) is 0.423. The molecule has 0 bridgehead atoms. The molecule has 178 valence electrons. The Morgan fingerprint density at radius 1 is 1.32 bits per heavy atom. The number of halogens is 1. The van der Waals surface area contributed by atoms with Crippen LogP contribution in [-0.2, 0) is 11.8 Å². The molecule has 1 N–H and O–H groups in total. The van der Waals surface area contributed by atoms with E-state index >= 15 is 4.39 Å². The number of carboxylic acid groups (broad SMARTS) is 1. The van der Waals surface area contributed by atoms with Gasteiger partial charge in [0.05, 0.1) is 25.1 Å². The number of fused-ring (bicyclic) bond motifs is 1. The second kappa shape index (κ2) is 10.7. The van der Waals surface area contributed by atoms with Crippen molar-refractivity contribution in [1.29, 1.82) is 0 Å². The number of likely N-dealkylation sites (tertiary alicyclic amines) is 1. The summed E-state index contributed by atoms with van der Waals surface area (Å²) in [7, 11) is 3.46. The van der Waals surface area contributed by atoms with E-state index in [2.05, 4.69) is 26.7 Å². The number of hydrogen-bond donors (Lipinski definition) is 1. The molecule has 0 radical (unpaired) electrons. The molecule has 1 aliphatic rings. The largest absolute Gasteiger partial charge is 0.497 e. The van der Waals surface area contributed by atoms with Crippen LogP contribution in [0.25, 0.3) is 10.9 Å². The van der Waals surface area contributed by atoms with Crippen LogP contribution in [0.5, 0.6) is 5.75 Å². The normalized spacial score (nSPS) is 19.4. The quantitative estimate of drug-likeness (QED) is 0.535. The van der Waals surface area contributed by atoms with Gasteiger partial charge in [0, 0.05) is 37.6 Å². The molecule has 4 rings (SSSR count). The molecule has 7 nitrogen and oxygen atoms in total. The molecule has 1 unspecified atom stereocenters. The van der Waals surface area contributed by atoms with Gasteiger partial charge in [-0.15, -0.1) is 0 Å². The maximum Gasteiger partial charge on any atom is 0.308 e. The Balaban J connectivity index is 1.38. The lowest BCUT2D eigenvalue weighted by Gasteiger charge is -2.35. The van der Waals surface area contributed by atoms with E-state index < -0.39 is 18.1 Å². The molecule has 3 heterocycles. The van der Waals surface area contributed by atoms with Crippen LogP contribution in [0.2, 0.25) is 0 Å². The fourth-order valence-electron chi connectivity index (χ4n) is 4.62. The summed E-state index contributed by atoms with van der Waals surface area (Å²) in [5.41, 5.74) is 1.28. The topological polar surface area (TPSA) is 80.5 Å². The third kappa shape index (κ3) is 5.37. The molecule has 2 aromatic heterocycles. The van der Waals surface area contributed by atoms with Gasteiger partial charge in [0.15, 0.2) is 5.82 Å². The van der Waals surface area contributed by atoms with Crippen molar-refractivity contribution in [3.8, 4) is 17.6 Å². The molecule has 1 aliphatic heterocycles. The van der Waals surface area contributed by atoms with E-state index in [1.54, 1.807) is 37.7 Å². The molecule has 0 aliphatic carbocycles. The van der Waals surface area contributed by atoms with Gasteiger partial charge in [-0.1, -0.05) is 5.92 Å². The van der Waals surface area contributed by atoms with E-state index in [-0.39, 0.29) is 12.3 Å². The predicted molar refractivity (Wildman–Crippen MR) is 127 cm³/mol. The summed E-state index contributed by atoms with van der Waals surface area (Å²) in [6.07, 6.45) is 5.43. The van der Waals surface area contributed by atoms with Crippen LogP contribution in [0.1, 0.15) is 36.8 Å². The lowest BCUT2D eigenvalue weighted by atomic mass is 9.81. The highest BCUT2D eigenvalue weighted by Gasteiger charge is 2.34. The number of aromatic nitrogens is 3. The summed E-state index contributed by atoms with van der Waals surface area (Å²) in [6, 6.07) is 7.12. The minimum absolute atomic E-state index is 0.0721.